The van der Waals surface area contributed by atoms with Crippen molar-refractivity contribution in [2.24, 2.45) is 0 Å². The molecule has 290 valence electrons. The second kappa shape index (κ2) is 14.7. The van der Waals surface area contributed by atoms with E-state index in [4.69, 9.17) is 19.4 Å². The van der Waals surface area contributed by atoms with Crippen molar-refractivity contribution in [1.82, 2.24) is 19.5 Å². The third-order valence-electron chi connectivity index (χ3n) is 11.9. The molecule has 3 aromatic heterocycles. The minimum atomic E-state index is 0.604. The summed E-state index contributed by atoms with van der Waals surface area (Å²) in [5.74, 6) is 1.84. The summed E-state index contributed by atoms with van der Waals surface area (Å²) in [7, 11) is 0. The molecule has 0 unspecified atom stereocenters. The zero-order chi connectivity index (χ0) is 41.0. The maximum absolute atomic E-state index is 6.32. The minimum absolute atomic E-state index is 0.604. The van der Waals surface area contributed by atoms with Crippen molar-refractivity contribution < 1.29 is 4.42 Å². The molecule has 0 amide bonds. The number of nitrogens with zero attached hydrogens (tertiary/aromatic N) is 4. The highest BCUT2D eigenvalue weighted by Crippen LogP contribution is 2.42. The van der Waals surface area contributed by atoms with E-state index in [1.807, 2.05) is 48.5 Å². The van der Waals surface area contributed by atoms with Crippen molar-refractivity contribution in [2.45, 2.75) is 0 Å². The van der Waals surface area contributed by atoms with Crippen molar-refractivity contribution in [3.8, 4) is 73.2 Å². The van der Waals surface area contributed by atoms with Crippen LogP contribution >= 0.6 is 0 Å². The SMILES string of the molecule is c1ccc(-c2cccc(-c3nc(-c4ccccc4)nc(-c4ccc(-n5c6ccccc6c6ccc(-c7cccc8oc9ccccc9c78)cc65)c(-c5ccccc5)c4)n3)c2)cc1. The van der Waals surface area contributed by atoms with Crippen molar-refractivity contribution in [3.63, 3.8) is 0 Å². The Labute approximate surface area is 357 Å². The van der Waals surface area contributed by atoms with Crippen molar-refractivity contribution in [3.05, 3.63) is 218 Å². The van der Waals surface area contributed by atoms with Gasteiger partial charge in [-0.2, -0.15) is 0 Å². The number of hydrogen-bond acceptors (Lipinski definition) is 4. The van der Waals surface area contributed by atoms with Gasteiger partial charge in [0.05, 0.1) is 16.7 Å². The van der Waals surface area contributed by atoms with Crippen LogP contribution in [-0.2, 0) is 0 Å². The van der Waals surface area contributed by atoms with Gasteiger partial charge in [0.15, 0.2) is 17.5 Å². The first kappa shape index (κ1) is 35.5. The van der Waals surface area contributed by atoms with Crippen LogP contribution in [-0.4, -0.2) is 19.5 Å². The van der Waals surface area contributed by atoms with Crippen LogP contribution in [0.25, 0.3) is 117 Å². The lowest BCUT2D eigenvalue weighted by molar-refractivity contribution is 0.669. The van der Waals surface area contributed by atoms with Gasteiger partial charge in [-0.25, -0.2) is 15.0 Å². The molecule has 0 saturated heterocycles. The van der Waals surface area contributed by atoms with Crippen LogP contribution in [0, 0.1) is 0 Å². The molecule has 12 aromatic rings. The van der Waals surface area contributed by atoms with Gasteiger partial charge < -0.3 is 8.98 Å². The Hall–Kier alpha value is -8.41. The summed E-state index contributed by atoms with van der Waals surface area (Å²) in [6.45, 7) is 0. The predicted octanol–water partition coefficient (Wildman–Crippen LogP) is 14.9. The molecule has 0 N–H and O–H groups in total. The van der Waals surface area contributed by atoms with E-state index in [9.17, 15) is 0 Å². The second-order valence-electron chi connectivity index (χ2n) is 15.6. The van der Waals surface area contributed by atoms with E-state index in [2.05, 4.69) is 174 Å². The van der Waals surface area contributed by atoms with Crippen molar-refractivity contribution in [2.75, 3.05) is 0 Å². The second-order valence-corrected chi connectivity index (χ2v) is 15.6. The molecule has 0 aliphatic heterocycles. The number of benzene rings is 9. The molecule has 5 heteroatoms. The zero-order valence-corrected chi connectivity index (χ0v) is 33.5. The first-order valence-electron chi connectivity index (χ1n) is 20.8. The fraction of sp³-hybridized carbons (Fsp3) is 0. The van der Waals surface area contributed by atoms with E-state index in [0.717, 1.165) is 88.7 Å². The lowest BCUT2D eigenvalue weighted by Gasteiger charge is -2.16. The largest absolute Gasteiger partial charge is 0.456 e. The normalized spacial score (nSPS) is 11.5. The highest BCUT2D eigenvalue weighted by molar-refractivity contribution is 6.15. The molecule has 5 nitrogen and oxygen atoms in total. The van der Waals surface area contributed by atoms with Gasteiger partial charge in [0.25, 0.3) is 0 Å². The fourth-order valence-electron chi connectivity index (χ4n) is 8.95. The Bertz CT molecular complexity index is 3630. The Kier molecular flexibility index (Phi) is 8.42. The van der Waals surface area contributed by atoms with Crippen molar-refractivity contribution >= 4 is 43.7 Å². The molecule has 0 aliphatic rings. The van der Waals surface area contributed by atoms with Crippen LogP contribution in [0.15, 0.2) is 223 Å². The number of para-hydroxylation sites is 2. The molecule has 12 rings (SSSR count). The molecule has 0 radical (unpaired) electrons. The summed E-state index contributed by atoms with van der Waals surface area (Å²) in [4.78, 5) is 15.4. The van der Waals surface area contributed by atoms with Crippen LogP contribution in [0.1, 0.15) is 0 Å². The molecule has 0 spiro atoms. The van der Waals surface area contributed by atoms with Gasteiger partial charge in [0.1, 0.15) is 11.2 Å². The molecule has 0 bridgehead atoms. The maximum atomic E-state index is 6.32. The van der Waals surface area contributed by atoms with Gasteiger partial charge in [-0.05, 0) is 76.3 Å². The Morgan fingerprint density at radius 2 is 0.855 bits per heavy atom. The smallest absolute Gasteiger partial charge is 0.164 e. The molecule has 0 saturated carbocycles. The van der Waals surface area contributed by atoms with Crippen LogP contribution in [0.3, 0.4) is 0 Å². The van der Waals surface area contributed by atoms with Crippen LogP contribution < -0.4 is 0 Å². The van der Waals surface area contributed by atoms with Gasteiger partial charge in [0, 0.05) is 43.8 Å². The summed E-state index contributed by atoms with van der Waals surface area (Å²) in [6, 6.07) is 76.4. The van der Waals surface area contributed by atoms with Gasteiger partial charge in [-0.1, -0.05) is 170 Å². The average Bonchev–Trinajstić information content (AvgIpc) is 3.90. The molecule has 3 heterocycles. The monoisotopic (exact) mass is 792 g/mol. The lowest BCUT2D eigenvalue weighted by Crippen LogP contribution is -2.02. The van der Waals surface area contributed by atoms with Crippen LogP contribution in [0.4, 0.5) is 0 Å². The van der Waals surface area contributed by atoms with Crippen LogP contribution in [0.5, 0.6) is 0 Å². The van der Waals surface area contributed by atoms with E-state index in [1.165, 1.54) is 10.8 Å². The number of rotatable bonds is 7. The molecule has 9 aromatic carbocycles. The molecule has 62 heavy (non-hydrogen) atoms. The Balaban J connectivity index is 1.07. The minimum Gasteiger partial charge on any atom is -0.456 e. The Morgan fingerprint density at radius 1 is 0.306 bits per heavy atom. The van der Waals surface area contributed by atoms with Crippen LogP contribution in [0.2, 0.25) is 0 Å². The summed E-state index contributed by atoms with van der Waals surface area (Å²) in [5.41, 5.74) is 14.5. The third kappa shape index (κ3) is 6.06. The van der Waals surface area contributed by atoms with E-state index in [0.29, 0.717) is 17.5 Å². The fourth-order valence-corrected chi connectivity index (χ4v) is 8.95. The summed E-state index contributed by atoms with van der Waals surface area (Å²) >= 11 is 0. The number of aromatic nitrogens is 4. The zero-order valence-electron chi connectivity index (χ0n) is 33.5. The highest BCUT2D eigenvalue weighted by Gasteiger charge is 2.20. The highest BCUT2D eigenvalue weighted by atomic mass is 16.3. The van der Waals surface area contributed by atoms with Gasteiger partial charge in [-0.3, -0.25) is 0 Å². The summed E-state index contributed by atoms with van der Waals surface area (Å²) < 4.78 is 8.74. The molecule has 0 atom stereocenters. The first-order valence-corrected chi connectivity index (χ1v) is 20.8. The quantitative estimate of drug-likeness (QED) is 0.161. The average molecular weight is 793 g/mol. The predicted molar refractivity (Wildman–Crippen MR) is 254 cm³/mol. The maximum Gasteiger partial charge on any atom is 0.164 e. The number of furan rings is 1. The lowest BCUT2D eigenvalue weighted by atomic mass is 9.98. The van der Waals surface area contributed by atoms with E-state index < -0.39 is 0 Å². The number of hydrogen-bond donors (Lipinski definition) is 0. The molecule has 0 fully saturated rings. The molecule has 0 aliphatic carbocycles. The third-order valence-corrected chi connectivity index (χ3v) is 11.9. The van der Waals surface area contributed by atoms with E-state index in [-0.39, 0.29) is 0 Å². The van der Waals surface area contributed by atoms with Gasteiger partial charge in [0.2, 0.25) is 0 Å². The summed E-state index contributed by atoms with van der Waals surface area (Å²) in [5, 5.41) is 4.61. The standard InChI is InChI=1S/C57H36N4O/c1-4-16-37(17-5-1)40-22-14-23-42(34-40)56-58-55(39-20-8-3-9-21-39)59-57(60-56)43-31-33-50(48(35-43)38-18-6-2-7-19-38)61-49-27-12-10-24-45(49)46-32-30-41(36-51(46)61)44-26-15-29-53-54(44)47-25-11-13-28-52(47)62-53/h1-36H. The van der Waals surface area contributed by atoms with Crippen molar-refractivity contribution in [1.29, 1.82) is 0 Å². The first-order chi connectivity index (χ1) is 30.7. The summed E-state index contributed by atoms with van der Waals surface area (Å²) in [6.07, 6.45) is 0. The van der Waals surface area contributed by atoms with Gasteiger partial charge in [-0.15, -0.1) is 0 Å². The topological polar surface area (TPSA) is 56.7 Å². The number of fused-ring (bicyclic) bond motifs is 6. The Morgan fingerprint density at radius 3 is 1.63 bits per heavy atom. The molecular formula is C57H36N4O. The van der Waals surface area contributed by atoms with E-state index >= 15 is 0 Å². The van der Waals surface area contributed by atoms with Gasteiger partial charge >= 0.3 is 0 Å². The van der Waals surface area contributed by atoms with E-state index in [1.54, 1.807) is 0 Å². The molecular weight excluding hydrogens is 757 g/mol.